The summed E-state index contributed by atoms with van der Waals surface area (Å²) in [5.41, 5.74) is 0.840. The average molecular weight is 419 g/mol. The Morgan fingerprint density at radius 2 is 1.68 bits per heavy atom. The topological polar surface area (TPSA) is 40.6 Å². The highest BCUT2D eigenvalue weighted by Crippen LogP contribution is 2.21. The molecule has 1 heterocycles. The number of amides is 2. The summed E-state index contributed by atoms with van der Waals surface area (Å²) in [6.07, 6.45) is 5.33. The molecule has 28 heavy (non-hydrogen) atoms. The number of hydrogen-bond donors (Lipinski definition) is 0. The van der Waals surface area contributed by atoms with Crippen LogP contribution in [-0.4, -0.2) is 54.0 Å². The van der Waals surface area contributed by atoms with Crippen molar-refractivity contribution in [3.05, 3.63) is 70.5 Å². The second-order valence-electron chi connectivity index (χ2n) is 6.32. The summed E-state index contributed by atoms with van der Waals surface area (Å²) in [7, 11) is 0. The van der Waals surface area contributed by atoms with Crippen LogP contribution in [0.5, 0.6) is 0 Å². The van der Waals surface area contributed by atoms with Crippen LogP contribution >= 0.6 is 23.4 Å². The fraction of sp³-hybridized carbons (Fsp3) is 0.238. The van der Waals surface area contributed by atoms with E-state index in [2.05, 4.69) is 0 Å². The van der Waals surface area contributed by atoms with E-state index in [9.17, 15) is 14.0 Å². The molecule has 1 aliphatic heterocycles. The maximum atomic E-state index is 14.0. The van der Waals surface area contributed by atoms with Gasteiger partial charge < -0.3 is 9.80 Å². The molecular weight excluding hydrogens is 399 g/mol. The van der Waals surface area contributed by atoms with Crippen LogP contribution in [0.15, 0.2) is 53.4 Å². The van der Waals surface area contributed by atoms with Crippen LogP contribution in [-0.2, 0) is 4.79 Å². The Morgan fingerprint density at radius 3 is 2.29 bits per heavy atom. The summed E-state index contributed by atoms with van der Waals surface area (Å²) in [5, 5.41) is 0.0962. The Kier molecular flexibility index (Phi) is 6.75. The Bertz CT molecular complexity index is 874. The number of nitrogens with zero attached hydrogens (tertiary/aromatic N) is 2. The molecule has 2 amide bonds. The molecule has 0 saturated carbocycles. The first kappa shape index (κ1) is 20.4. The molecule has 1 saturated heterocycles. The second-order valence-corrected chi connectivity index (χ2v) is 7.61. The van der Waals surface area contributed by atoms with Crippen molar-refractivity contribution in [1.29, 1.82) is 0 Å². The van der Waals surface area contributed by atoms with Crippen molar-refractivity contribution in [3.8, 4) is 0 Å². The summed E-state index contributed by atoms with van der Waals surface area (Å²) in [6, 6.07) is 12.1. The van der Waals surface area contributed by atoms with Gasteiger partial charge in [-0.25, -0.2) is 4.39 Å². The van der Waals surface area contributed by atoms with E-state index in [1.54, 1.807) is 28.8 Å². The molecule has 1 fully saturated rings. The fourth-order valence-corrected chi connectivity index (χ4v) is 3.63. The second kappa shape index (κ2) is 9.26. The minimum atomic E-state index is -0.633. The maximum absolute atomic E-state index is 14.0. The number of carbonyl (C=O) groups is 2. The molecule has 2 aromatic carbocycles. The van der Waals surface area contributed by atoms with Crippen LogP contribution in [0, 0.1) is 5.82 Å². The Labute approximate surface area is 173 Å². The molecular formula is C21H20ClFN2O2S. The van der Waals surface area contributed by atoms with Gasteiger partial charge in [-0.15, -0.1) is 11.8 Å². The third-order valence-electron chi connectivity index (χ3n) is 4.59. The molecule has 2 aromatic rings. The van der Waals surface area contributed by atoms with Gasteiger partial charge in [0.15, 0.2) is 0 Å². The fourth-order valence-electron chi connectivity index (χ4n) is 2.98. The molecule has 4 nitrogen and oxygen atoms in total. The van der Waals surface area contributed by atoms with Gasteiger partial charge in [-0.3, -0.25) is 9.59 Å². The smallest absolute Gasteiger partial charge is 0.258 e. The van der Waals surface area contributed by atoms with Gasteiger partial charge in [0.2, 0.25) is 5.91 Å². The Morgan fingerprint density at radius 1 is 1.04 bits per heavy atom. The Hall–Kier alpha value is -2.31. The lowest BCUT2D eigenvalue weighted by Crippen LogP contribution is -2.50. The molecule has 146 valence electrons. The van der Waals surface area contributed by atoms with Crippen LogP contribution in [0.1, 0.15) is 15.9 Å². The van der Waals surface area contributed by atoms with Crippen LogP contribution < -0.4 is 0 Å². The molecule has 0 aromatic heterocycles. The maximum Gasteiger partial charge on any atom is 0.258 e. The number of benzene rings is 2. The van der Waals surface area contributed by atoms with E-state index in [4.69, 9.17) is 11.6 Å². The zero-order valence-electron chi connectivity index (χ0n) is 15.4. The highest BCUT2D eigenvalue weighted by molar-refractivity contribution is 7.98. The van der Waals surface area contributed by atoms with Gasteiger partial charge in [0.1, 0.15) is 5.82 Å². The monoisotopic (exact) mass is 418 g/mol. The van der Waals surface area contributed by atoms with Crippen molar-refractivity contribution in [3.63, 3.8) is 0 Å². The molecule has 3 rings (SSSR count). The van der Waals surface area contributed by atoms with Crippen molar-refractivity contribution in [2.75, 3.05) is 32.4 Å². The van der Waals surface area contributed by atoms with E-state index in [0.717, 1.165) is 5.56 Å². The first-order chi connectivity index (χ1) is 13.5. The summed E-state index contributed by atoms with van der Waals surface area (Å²) in [5.74, 6) is -1.18. The van der Waals surface area contributed by atoms with Gasteiger partial charge in [-0.1, -0.05) is 29.8 Å². The molecule has 7 heteroatoms. The standard InChI is InChI=1S/C21H20ClFN2O2S/c1-28-16-8-5-15(6-9-16)7-10-19(26)24-11-13-25(14-12-24)21(27)20-17(22)3-2-4-18(20)23/h2-10H,11-14H2,1H3/b10-7+. The molecule has 0 bridgehead atoms. The quantitative estimate of drug-likeness (QED) is 0.552. The molecule has 0 radical (unpaired) electrons. The lowest BCUT2D eigenvalue weighted by molar-refractivity contribution is -0.127. The van der Waals surface area contributed by atoms with E-state index >= 15 is 0 Å². The number of piperazine rings is 1. The third kappa shape index (κ3) is 4.75. The van der Waals surface area contributed by atoms with Crippen LogP contribution in [0.3, 0.4) is 0 Å². The van der Waals surface area contributed by atoms with Gasteiger partial charge >= 0.3 is 0 Å². The lowest BCUT2D eigenvalue weighted by atomic mass is 10.1. The van der Waals surface area contributed by atoms with Crippen LogP contribution in [0.25, 0.3) is 6.08 Å². The molecule has 1 aliphatic rings. The largest absolute Gasteiger partial charge is 0.336 e. The molecule has 0 aliphatic carbocycles. The zero-order chi connectivity index (χ0) is 20.1. The SMILES string of the molecule is CSc1ccc(/C=C/C(=O)N2CCN(C(=O)c3c(F)cccc3Cl)CC2)cc1. The highest BCUT2D eigenvalue weighted by Gasteiger charge is 2.26. The van der Waals surface area contributed by atoms with E-state index in [-0.39, 0.29) is 16.5 Å². The van der Waals surface area contributed by atoms with Crippen molar-refractivity contribution in [1.82, 2.24) is 9.80 Å². The Balaban J connectivity index is 1.57. The van der Waals surface area contributed by atoms with Crippen molar-refractivity contribution >= 4 is 41.3 Å². The molecule has 0 unspecified atom stereocenters. The van der Waals surface area contributed by atoms with Gasteiger partial charge in [0, 0.05) is 37.2 Å². The van der Waals surface area contributed by atoms with E-state index in [1.807, 2.05) is 30.5 Å². The first-order valence-electron chi connectivity index (χ1n) is 8.84. The summed E-state index contributed by atoms with van der Waals surface area (Å²) in [6.45, 7) is 1.47. The summed E-state index contributed by atoms with van der Waals surface area (Å²) >= 11 is 7.64. The molecule has 0 spiro atoms. The van der Waals surface area contributed by atoms with E-state index in [0.29, 0.717) is 26.2 Å². The number of carbonyl (C=O) groups excluding carboxylic acids is 2. The number of thioether (sulfide) groups is 1. The summed E-state index contributed by atoms with van der Waals surface area (Å²) in [4.78, 5) is 29.3. The van der Waals surface area contributed by atoms with E-state index < -0.39 is 11.7 Å². The zero-order valence-corrected chi connectivity index (χ0v) is 17.0. The number of hydrogen-bond acceptors (Lipinski definition) is 3. The predicted molar refractivity (Wildman–Crippen MR) is 111 cm³/mol. The van der Waals surface area contributed by atoms with Crippen LogP contribution in [0.4, 0.5) is 4.39 Å². The third-order valence-corrected chi connectivity index (χ3v) is 5.65. The van der Waals surface area contributed by atoms with Gasteiger partial charge in [-0.2, -0.15) is 0 Å². The van der Waals surface area contributed by atoms with Crippen LogP contribution in [0.2, 0.25) is 5.02 Å². The summed E-state index contributed by atoms with van der Waals surface area (Å²) < 4.78 is 14.0. The molecule has 0 atom stereocenters. The normalized spacial score (nSPS) is 14.5. The first-order valence-corrected chi connectivity index (χ1v) is 10.4. The van der Waals surface area contributed by atoms with E-state index in [1.165, 1.54) is 28.0 Å². The molecule has 0 N–H and O–H groups in total. The number of rotatable bonds is 4. The predicted octanol–water partition coefficient (Wildman–Crippen LogP) is 4.20. The van der Waals surface area contributed by atoms with Gasteiger partial charge in [-0.05, 0) is 42.2 Å². The highest BCUT2D eigenvalue weighted by atomic mass is 35.5. The minimum Gasteiger partial charge on any atom is -0.336 e. The van der Waals surface area contributed by atoms with Crippen molar-refractivity contribution in [2.24, 2.45) is 0 Å². The number of halogens is 2. The van der Waals surface area contributed by atoms with Gasteiger partial charge in [0.25, 0.3) is 5.91 Å². The minimum absolute atomic E-state index is 0.0962. The van der Waals surface area contributed by atoms with Crippen molar-refractivity contribution in [2.45, 2.75) is 4.90 Å². The van der Waals surface area contributed by atoms with Gasteiger partial charge in [0.05, 0.1) is 10.6 Å². The van der Waals surface area contributed by atoms with Crippen molar-refractivity contribution < 1.29 is 14.0 Å². The lowest BCUT2D eigenvalue weighted by Gasteiger charge is -2.34. The average Bonchev–Trinajstić information content (AvgIpc) is 2.72.